The van der Waals surface area contributed by atoms with Gasteiger partial charge in [-0.25, -0.2) is 0 Å². The van der Waals surface area contributed by atoms with Crippen molar-refractivity contribution in [2.75, 3.05) is 26.7 Å². The average Bonchev–Trinajstić information content (AvgIpc) is 2.76. The third kappa shape index (κ3) is 4.89. The fourth-order valence-corrected chi connectivity index (χ4v) is 2.86. The molecule has 1 aromatic rings. The summed E-state index contributed by atoms with van der Waals surface area (Å²) in [6, 6.07) is 6.31. The Morgan fingerprint density at radius 2 is 2.05 bits per heavy atom. The Kier molecular flexibility index (Phi) is 4.78. The van der Waals surface area contributed by atoms with Crippen LogP contribution < -0.4 is 10.1 Å². The maximum absolute atomic E-state index is 12.4. The van der Waals surface area contributed by atoms with Crippen molar-refractivity contribution in [3.8, 4) is 5.75 Å². The van der Waals surface area contributed by atoms with E-state index in [2.05, 4.69) is 17.0 Å². The smallest absolute Gasteiger partial charge is 0.405 e. The Morgan fingerprint density at radius 1 is 1.33 bits per heavy atom. The summed E-state index contributed by atoms with van der Waals surface area (Å²) in [6.07, 6.45) is -3.58. The summed E-state index contributed by atoms with van der Waals surface area (Å²) in [5.41, 5.74) is 0.723. The van der Waals surface area contributed by atoms with Crippen molar-refractivity contribution < 1.29 is 17.9 Å². The Bertz CT molecular complexity index is 470. The number of benzene rings is 1. The molecule has 21 heavy (non-hydrogen) atoms. The normalized spacial score (nSPS) is 22.8. The monoisotopic (exact) mass is 302 g/mol. The highest BCUT2D eigenvalue weighted by Gasteiger charge is 2.33. The molecule has 1 fully saturated rings. The average molecular weight is 302 g/mol. The standard InChI is InChI=1S/C15H21F3N2O/c1-14(7-8-19-10-14)11-20(2)9-12-5-3-4-6-13(12)21-15(16,17)18/h3-6,19H,7-11H2,1-2H3. The van der Waals surface area contributed by atoms with E-state index in [1.165, 1.54) is 6.07 Å². The maximum Gasteiger partial charge on any atom is 0.573 e. The minimum absolute atomic E-state index is 0.119. The summed E-state index contributed by atoms with van der Waals surface area (Å²) >= 11 is 0. The predicted octanol–water partition coefficient (Wildman–Crippen LogP) is 3.02. The van der Waals surface area contributed by atoms with Gasteiger partial charge in [-0.3, -0.25) is 0 Å². The van der Waals surface area contributed by atoms with E-state index in [1.54, 1.807) is 18.2 Å². The molecule has 0 aliphatic carbocycles. The van der Waals surface area contributed by atoms with Crippen LogP contribution in [-0.2, 0) is 6.54 Å². The quantitative estimate of drug-likeness (QED) is 0.905. The second kappa shape index (κ2) is 6.23. The molecule has 0 aromatic heterocycles. The van der Waals surface area contributed by atoms with Gasteiger partial charge >= 0.3 is 6.36 Å². The summed E-state index contributed by atoms with van der Waals surface area (Å²) in [5, 5.41) is 3.32. The Labute approximate surface area is 123 Å². The fourth-order valence-electron chi connectivity index (χ4n) is 2.86. The number of alkyl halides is 3. The van der Waals surface area contributed by atoms with Crippen molar-refractivity contribution in [3.05, 3.63) is 29.8 Å². The number of nitrogens with zero attached hydrogens (tertiary/aromatic N) is 1. The second-order valence-electron chi connectivity index (χ2n) is 6.07. The van der Waals surface area contributed by atoms with Crippen LogP contribution in [0.1, 0.15) is 18.9 Å². The molecule has 0 spiro atoms. The van der Waals surface area contributed by atoms with E-state index in [-0.39, 0.29) is 11.2 Å². The number of para-hydroxylation sites is 1. The van der Waals surface area contributed by atoms with Gasteiger partial charge in [-0.2, -0.15) is 0 Å². The Hall–Kier alpha value is -1.27. The molecular weight excluding hydrogens is 281 g/mol. The minimum atomic E-state index is -4.66. The number of ether oxygens (including phenoxy) is 1. The van der Waals surface area contributed by atoms with Gasteiger partial charge in [0.25, 0.3) is 0 Å². The summed E-state index contributed by atoms with van der Waals surface area (Å²) in [7, 11) is 1.92. The molecule has 1 aliphatic rings. The van der Waals surface area contributed by atoms with Crippen molar-refractivity contribution in [1.82, 2.24) is 10.2 Å². The lowest BCUT2D eigenvalue weighted by Crippen LogP contribution is -2.35. The van der Waals surface area contributed by atoms with Crippen LogP contribution in [0.3, 0.4) is 0 Å². The van der Waals surface area contributed by atoms with Gasteiger partial charge in [-0.1, -0.05) is 25.1 Å². The molecule has 0 radical (unpaired) electrons. The van der Waals surface area contributed by atoms with Crippen LogP contribution in [0.25, 0.3) is 0 Å². The van der Waals surface area contributed by atoms with Crippen LogP contribution in [0, 0.1) is 5.41 Å². The highest BCUT2D eigenvalue weighted by atomic mass is 19.4. The zero-order valence-electron chi connectivity index (χ0n) is 12.3. The van der Waals surface area contributed by atoms with Crippen LogP contribution >= 0.6 is 0 Å². The summed E-state index contributed by atoms with van der Waals surface area (Å²) in [6.45, 7) is 5.40. The molecule has 1 aliphatic heterocycles. The third-order valence-corrected chi connectivity index (χ3v) is 3.75. The molecule has 2 rings (SSSR count). The topological polar surface area (TPSA) is 24.5 Å². The molecule has 6 heteroatoms. The van der Waals surface area contributed by atoms with Crippen LogP contribution in [0.4, 0.5) is 13.2 Å². The maximum atomic E-state index is 12.4. The lowest BCUT2D eigenvalue weighted by Gasteiger charge is -2.29. The highest BCUT2D eigenvalue weighted by molar-refractivity contribution is 5.33. The summed E-state index contributed by atoms with van der Waals surface area (Å²) in [4.78, 5) is 2.05. The molecule has 0 bridgehead atoms. The molecule has 118 valence electrons. The first-order chi connectivity index (χ1) is 9.77. The van der Waals surface area contributed by atoms with E-state index in [0.29, 0.717) is 12.1 Å². The van der Waals surface area contributed by atoms with Crippen molar-refractivity contribution in [1.29, 1.82) is 0 Å². The first-order valence-corrected chi connectivity index (χ1v) is 7.00. The zero-order valence-corrected chi connectivity index (χ0v) is 12.3. The number of hydrogen-bond donors (Lipinski definition) is 1. The summed E-state index contributed by atoms with van der Waals surface area (Å²) < 4.78 is 41.3. The number of halogens is 3. The lowest BCUT2D eigenvalue weighted by molar-refractivity contribution is -0.275. The number of nitrogens with one attached hydrogen (secondary N) is 1. The van der Waals surface area contributed by atoms with Crippen molar-refractivity contribution in [2.24, 2.45) is 5.41 Å². The third-order valence-electron chi connectivity index (χ3n) is 3.75. The van der Waals surface area contributed by atoms with Gasteiger partial charge in [0.05, 0.1) is 0 Å². The highest BCUT2D eigenvalue weighted by Crippen LogP contribution is 2.29. The SMILES string of the molecule is CN(Cc1ccccc1OC(F)(F)F)CC1(C)CCNC1. The molecule has 0 saturated carbocycles. The van der Waals surface area contributed by atoms with E-state index in [1.807, 2.05) is 11.9 Å². The van der Waals surface area contributed by atoms with Crippen molar-refractivity contribution >= 4 is 0 Å². The largest absolute Gasteiger partial charge is 0.573 e. The molecule has 1 N–H and O–H groups in total. The molecule has 1 unspecified atom stereocenters. The Balaban J connectivity index is 2.01. The Morgan fingerprint density at radius 3 is 2.67 bits per heavy atom. The van der Waals surface area contributed by atoms with Crippen molar-refractivity contribution in [3.63, 3.8) is 0 Å². The van der Waals surface area contributed by atoms with Crippen molar-refractivity contribution in [2.45, 2.75) is 26.3 Å². The van der Waals surface area contributed by atoms with E-state index >= 15 is 0 Å². The van der Waals surface area contributed by atoms with Gasteiger partial charge in [0.15, 0.2) is 0 Å². The molecule has 0 amide bonds. The minimum Gasteiger partial charge on any atom is -0.405 e. The fraction of sp³-hybridized carbons (Fsp3) is 0.600. The first-order valence-electron chi connectivity index (χ1n) is 7.00. The molecule has 1 saturated heterocycles. The number of hydrogen-bond acceptors (Lipinski definition) is 3. The van der Waals surface area contributed by atoms with Gasteiger partial charge in [-0.15, -0.1) is 13.2 Å². The van der Waals surface area contributed by atoms with Crippen LogP contribution in [0.15, 0.2) is 24.3 Å². The second-order valence-corrected chi connectivity index (χ2v) is 6.07. The van der Waals surface area contributed by atoms with Crippen LogP contribution in [0.5, 0.6) is 5.75 Å². The van der Waals surface area contributed by atoms with Gasteiger partial charge < -0.3 is 15.0 Å². The predicted molar refractivity (Wildman–Crippen MR) is 75.1 cm³/mol. The van der Waals surface area contributed by atoms with Gasteiger partial charge in [0.2, 0.25) is 0 Å². The van der Waals surface area contributed by atoms with Gasteiger partial charge in [-0.05, 0) is 31.5 Å². The van der Waals surface area contributed by atoms with Gasteiger partial charge in [0.1, 0.15) is 5.75 Å². The van der Waals surface area contributed by atoms with Crippen LogP contribution in [0.2, 0.25) is 0 Å². The lowest BCUT2D eigenvalue weighted by atomic mass is 9.89. The van der Waals surface area contributed by atoms with Gasteiger partial charge in [0, 0.05) is 25.2 Å². The first kappa shape index (κ1) is 16.1. The zero-order chi connectivity index (χ0) is 15.5. The number of rotatable bonds is 5. The molecular formula is C15H21F3N2O. The molecule has 1 aromatic carbocycles. The molecule has 1 heterocycles. The van der Waals surface area contributed by atoms with E-state index in [9.17, 15) is 13.2 Å². The molecule has 3 nitrogen and oxygen atoms in total. The van der Waals surface area contributed by atoms with Crippen LogP contribution in [-0.4, -0.2) is 37.9 Å². The van der Waals surface area contributed by atoms with E-state index < -0.39 is 6.36 Å². The summed E-state index contributed by atoms with van der Waals surface area (Å²) in [5.74, 6) is -0.119. The molecule has 1 atom stereocenters. The van der Waals surface area contributed by atoms with E-state index in [0.717, 1.165) is 26.1 Å². The van der Waals surface area contributed by atoms with E-state index in [4.69, 9.17) is 0 Å².